The van der Waals surface area contributed by atoms with Crippen molar-refractivity contribution in [2.45, 2.75) is 13.8 Å². The Kier molecular flexibility index (Phi) is 4.20. The maximum atomic E-state index is 13.2. The van der Waals surface area contributed by atoms with Gasteiger partial charge in [0.15, 0.2) is 0 Å². The van der Waals surface area contributed by atoms with Crippen LogP contribution in [-0.2, 0) is 7.05 Å². The Morgan fingerprint density at radius 2 is 1.78 bits per heavy atom. The van der Waals surface area contributed by atoms with Crippen molar-refractivity contribution in [1.82, 2.24) is 14.8 Å². The van der Waals surface area contributed by atoms with E-state index in [-0.39, 0.29) is 5.91 Å². The SMILES string of the molecule is Cc1cccc(C)c1NC(=O)c1cc(-c2cnn(C)c2)nc2ccccc12. The molecule has 4 aromatic rings. The molecule has 0 aliphatic carbocycles. The summed E-state index contributed by atoms with van der Waals surface area (Å²) in [7, 11) is 1.86. The van der Waals surface area contributed by atoms with Crippen LogP contribution in [0.15, 0.2) is 60.9 Å². The minimum absolute atomic E-state index is 0.142. The molecular weight excluding hydrogens is 336 g/mol. The van der Waals surface area contributed by atoms with E-state index in [0.29, 0.717) is 5.56 Å². The summed E-state index contributed by atoms with van der Waals surface area (Å²) in [5.74, 6) is -0.142. The number of aromatic nitrogens is 3. The Morgan fingerprint density at radius 1 is 1.04 bits per heavy atom. The van der Waals surface area contributed by atoms with Gasteiger partial charge >= 0.3 is 0 Å². The fourth-order valence-corrected chi connectivity index (χ4v) is 3.26. The molecule has 1 amide bonds. The molecule has 0 saturated heterocycles. The summed E-state index contributed by atoms with van der Waals surface area (Å²) in [5.41, 5.74) is 5.92. The summed E-state index contributed by atoms with van der Waals surface area (Å²) in [5, 5.41) is 8.13. The molecule has 2 aromatic heterocycles. The molecule has 5 nitrogen and oxygen atoms in total. The molecular formula is C22H20N4O. The van der Waals surface area contributed by atoms with E-state index in [1.807, 2.05) is 75.6 Å². The van der Waals surface area contributed by atoms with Gasteiger partial charge in [-0.3, -0.25) is 9.48 Å². The topological polar surface area (TPSA) is 59.8 Å². The molecule has 0 saturated carbocycles. The molecule has 0 atom stereocenters. The third-order valence-electron chi connectivity index (χ3n) is 4.68. The monoisotopic (exact) mass is 356 g/mol. The Labute approximate surface area is 157 Å². The van der Waals surface area contributed by atoms with Crippen molar-refractivity contribution in [2.24, 2.45) is 7.05 Å². The highest BCUT2D eigenvalue weighted by atomic mass is 16.1. The number of hydrogen-bond acceptors (Lipinski definition) is 3. The van der Waals surface area contributed by atoms with E-state index in [0.717, 1.165) is 39.0 Å². The van der Waals surface area contributed by atoms with Crippen LogP contribution in [0.1, 0.15) is 21.5 Å². The van der Waals surface area contributed by atoms with Crippen LogP contribution in [0, 0.1) is 13.8 Å². The maximum absolute atomic E-state index is 13.2. The fourth-order valence-electron chi connectivity index (χ4n) is 3.26. The average Bonchev–Trinajstić information content (AvgIpc) is 3.10. The molecule has 0 fully saturated rings. The number of nitrogens with zero attached hydrogens (tertiary/aromatic N) is 3. The predicted molar refractivity (Wildman–Crippen MR) is 108 cm³/mol. The number of pyridine rings is 1. The van der Waals surface area contributed by atoms with Crippen LogP contribution in [0.3, 0.4) is 0 Å². The van der Waals surface area contributed by atoms with E-state index in [2.05, 4.69) is 10.4 Å². The first-order valence-electron chi connectivity index (χ1n) is 8.79. The average molecular weight is 356 g/mol. The zero-order valence-corrected chi connectivity index (χ0v) is 15.5. The molecule has 134 valence electrons. The zero-order valence-electron chi connectivity index (χ0n) is 15.5. The number of para-hydroxylation sites is 2. The van der Waals surface area contributed by atoms with Crippen molar-refractivity contribution < 1.29 is 4.79 Å². The van der Waals surface area contributed by atoms with Crippen molar-refractivity contribution in [3.05, 3.63) is 77.6 Å². The molecule has 0 spiro atoms. The number of carbonyl (C=O) groups is 1. The largest absolute Gasteiger partial charge is 0.321 e. The lowest BCUT2D eigenvalue weighted by molar-refractivity contribution is 0.102. The van der Waals surface area contributed by atoms with Gasteiger partial charge in [-0.15, -0.1) is 0 Å². The van der Waals surface area contributed by atoms with E-state index >= 15 is 0 Å². The second-order valence-corrected chi connectivity index (χ2v) is 6.70. The molecule has 0 aliphatic rings. The molecule has 2 aromatic carbocycles. The number of fused-ring (bicyclic) bond motifs is 1. The van der Waals surface area contributed by atoms with Gasteiger partial charge in [-0.05, 0) is 37.1 Å². The van der Waals surface area contributed by atoms with Crippen LogP contribution < -0.4 is 5.32 Å². The van der Waals surface area contributed by atoms with Gasteiger partial charge in [0.05, 0.1) is 23.0 Å². The lowest BCUT2D eigenvalue weighted by atomic mass is 10.0. The van der Waals surface area contributed by atoms with Crippen molar-refractivity contribution >= 4 is 22.5 Å². The molecule has 0 radical (unpaired) electrons. The third-order valence-corrected chi connectivity index (χ3v) is 4.68. The zero-order chi connectivity index (χ0) is 19.0. The van der Waals surface area contributed by atoms with Crippen molar-refractivity contribution in [3.63, 3.8) is 0 Å². The summed E-state index contributed by atoms with van der Waals surface area (Å²) >= 11 is 0. The number of aryl methyl sites for hydroxylation is 3. The number of nitrogens with one attached hydrogen (secondary N) is 1. The standard InChI is InChI=1S/C22H20N4O/c1-14-7-6-8-15(2)21(14)25-22(27)18-11-20(16-12-23-26(3)13-16)24-19-10-5-4-9-17(18)19/h4-13H,1-3H3,(H,25,27). The number of anilines is 1. The number of rotatable bonds is 3. The Balaban J connectivity index is 1.83. The van der Waals surface area contributed by atoms with Gasteiger partial charge < -0.3 is 5.32 Å². The van der Waals surface area contributed by atoms with Gasteiger partial charge in [-0.1, -0.05) is 36.4 Å². The van der Waals surface area contributed by atoms with Crippen LogP contribution in [0.2, 0.25) is 0 Å². The van der Waals surface area contributed by atoms with Gasteiger partial charge in [0.1, 0.15) is 0 Å². The molecule has 0 bridgehead atoms. The number of hydrogen-bond donors (Lipinski definition) is 1. The van der Waals surface area contributed by atoms with Gasteiger partial charge in [0.2, 0.25) is 0 Å². The molecule has 0 aliphatic heterocycles. The molecule has 2 heterocycles. The van der Waals surface area contributed by atoms with E-state index < -0.39 is 0 Å². The first-order chi connectivity index (χ1) is 13.0. The highest BCUT2D eigenvalue weighted by molar-refractivity contribution is 6.13. The molecule has 5 heteroatoms. The lowest BCUT2D eigenvalue weighted by Crippen LogP contribution is -2.14. The minimum Gasteiger partial charge on any atom is -0.321 e. The van der Waals surface area contributed by atoms with Crippen molar-refractivity contribution in [1.29, 1.82) is 0 Å². The second-order valence-electron chi connectivity index (χ2n) is 6.70. The van der Waals surface area contributed by atoms with Crippen molar-refractivity contribution in [2.75, 3.05) is 5.32 Å². The van der Waals surface area contributed by atoms with E-state index in [1.165, 1.54) is 0 Å². The number of carbonyl (C=O) groups excluding carboxylic acids is 1. The summed E-state index contributed by atoms with van der Waals surface area (Å²) in [6, 6.07) is 15.5. The Morgan fingerprint density at radius 3 is 2.48 bits per heavy atom. The van der Waals surface area contributed by atoms with Crippen LogP contribution in [0.4, 0.5) is 5.69 Å². The molecule has 4 rings (SSSR count). The third kappa shape index (κ3) is 3.19. The lowest BCUT2D eigenvalue weighted by Gasteiger charge is -2.13. The van der Waals surface area contributed by atoms with Crippen LogP contribution in [0.5, 0.6) is 0 Å². The number of benzene rings is 2. The summed E-state index contributed by atoms with van der Waals surface area (Å²) in [4.78, 5) is 17.9. The van der Waals surface area contributed by atoms with E-state index in [9.17, 15) is 4.79 Å². The normalized spacial score (nSPS) is 10.9. The van der Waals surface area contributed by atoms with E-state index in [1.54, 1.807) is 10.9 Å². The Bertz CT molecular complexity index is 1140. The van der Waals surface area contributed by atoms with Gasteiger partial charge in [0, 0.05) is 29.9 Å². The summed E-state index contributed by atoms with van der Waals surface area (Å²) in [6.45, 7) is 3.99. The maximum Gasteiger partial charge on any atom is 0.256 e. The second kappa shape index (κ2) is 6.68. The predicted octanol–water partition coefficient (Wildman–Crippen LogP) is 4.50. The van der Waals surface area contributed by atoms with E-state index in [4.69, 9.17) is 4.98 Å². The van der Waals surface area contributed by atoms with Gasteiger partial charge in [-0.2, -0.15) is 5.10 Å². The fraction of sp³-hybridized carbons (Fsp3) is 0.136. The van der Waals surface area contributed by atoms with Crippen LogP contribution >= 0.6 is 0 Å². The van der Waals surface area contributed by atoms with Crippen LogP contribution in [0.25, 0.3) is 22.2 Å². The van der Waals surface area contributed by atoms with Gasteiger partial charge in [-0.25, -0.2) is 4.98 Å². The molecule has 1 N–H and O–H groups in total. The number of amides is 1. The van der Waals surface area contributed by atoms with Crippen molar-refractivity contribution in [3.8, 4) is 11.3 Å². The Hall–Kier alpha value is -3.47. The molecule has 27 heavy (non-hydrogen) atoms. The first kappa shape index (κ1) is 17.0. The first-order valence-corrected chi connectivity index (χ1v) is 8.79. The van der Waals surface area contributed by atoms with Crippen LogP contribution in [-0.4, -0.2) is 20.7 Å². The molecule has 0 unspecified atom stereocenters. The smallest absolute Gasteiger partial charge is 0.256 e. The summed E-state index contributed by atoms with van der Waals surface area (Å²) in [6.07, 6.45) is 3.65. The summed E-state index contributed by atoms with van der Waals surface area (Å²) < 4.78 is 1.72. The minimum atomic E-state index is -0.142. The highest BCUT2D eigenvalue weighted by Crippen LogP contribution is 2.26. The quantitative estimate of drug-likeness (QED) is 0.588. The van der Waals surface area contributed by atoms with Gasteiger partial charge in [0.25, 0.3) is 5.91 Å². The highest BCUT2D eigenvalue weighted by Gasteiger charge is 2.16.